The number of carbonyl (C=O) groups excluding carboxylic acids is 1. The van der Waals surface area contributed by atoms with Gasteiger partial charge in [0, 0.05) is 19.6 Å². The number of amides is 2. The van der Waals surface area contributed by atoms with Gasteiger partial charge in [-0.3, -0.25) is 4.90 Å². The maximum atomic E-state index is 12.5. The predicted molar refractivity (Wildman–Crippen MR) is 129 cm³/mol. The zero-order valence-electron chi connectivity index (χ0n) is 19.3. The van der Waals surface area contributed by atoms with Crippen molar-refractivity contribution < 1.29 is 4.79 Å². The fourth-order valence-electron chi connectivity index (χ4n) is 4.44. The summed E-state index contributed by atoms with van der Waals surface area (Å²) < 4.78 is 1.85. The number of anilines is 1. The Morgan fingerprint density at radius 2 is 1.78 bits per heavy atom. The highest BCUT2D eigenvalue weighted by molar-refractivity contribution is 5.90. The lowest BCUT2D eigenvalue weighted by atomic mass is 9.99. The quantitative estimate of drug-likeness (QED) is 0.575. The summed E-state index contributed by atoms with van der Waals surface area (Å²) in [6, 6.07) is 18.3. The molecular formula is C26H33N5O. The monoisotopic (exact) mass is 431 g/mol. The summed E-state index contributed by atoms with van der Waals surface area (Å²) in [6.07, 6.45) is 2.64. The molecular weight excluding hydrogens is 398 g/mol. The zero-order valence-corrected chi connectivity index (χ0v) is 19.3. The van der Waals surface area contributed by atoms with Gasteiger partial charge in [-0.05, 0) is 62.4 Å². The molecule has 3 aromatic rings. The van der Waals surface area contributed by atoms with Crippen LogP contribution in [0.25, 0.3) is 5.69 Å². The van der Waals surface area contributed by atoms with Crippen molar-refractivity contribution in [3.63, 3.8) is 0 Å². The van der Waals surface area contributed by atoms with Gasteiger partial charge < -0.3 is 10.6 Å². The van der Waals surface area contributed by atoms with Crippen LogP contribution in [0.3, 0.4) is 0 Å². The third kappa shape index (κ3) is 5.37. The molecule has 0 aliphatic carbocycles. The second-order valence-electron chi connectivity index (χ2n) is 8.90. The summed E-state index contributed by atoms with van der Waals surface area (Å²) >= 11 is 0. The minimum absolute atomic E-state index is 0.227. The maximum absolute atomic E-state index is 12.5. The molecule has 2 heterocycles. The SMILES string of the molecule is Cc1nn(-c2ccccc2)c(C)c1NC(=O)NCc1ccc(CN2CCCC(C)C2)cc1. The van der Waals surface area contributed by atoms with E-state index in [0.29, 0.717) is 6.54 Å². The van der Waals surface area contributed by atoms with Crippen molar-refractivity contribution in [1.29, 1.82) is 0 Å². The van der Waals surface area contributed by atoms with Crippen molar-refractivity contribution in [2.75, 3.05) is 18.4 Å². The number of piperidine rings is 1. The molecule has 2 amide bonds. The number of benzene rings is 2. The van der Waals surface area contributed by atoms with Gasteiger partial charge in [0.25, 0.3) is 0 Å². The highest BCUT2D eigenvalue weighted by Crippen LogP contribution is 2.23. The van der Waals surface area contributed by atoms with Crippen molar-refractivity contribution in [2.45, 2.75) is 46.7 Å². The zero-order chi connectivity index (χ0) is 22.5. The average Bonchev–Trinajstić information content (AvgIpc) is 3.07. The molecule has 168 valence electrons. The molecule has 1 saturated heterocycles. The Morgan fingerprint density at radius 3 is 2.50 bits per heavy atom. The Balaban J connectivity index is 1.31. The molecule has 0 bridgehead atoms. The molecule has 1 aliphatic heterocycles. The van der Waals surface area contributed by atoms with Crippen molar-refractivity contribution in [3.8, 4) is 5.69 Å². The maximum Gasteiger partial charge on any atom is 0.319 e. The highest BCUT2D eigenvalue weighted by Gasteiger charge is 2.17. The van der Waals surface area contributed by atoms with Crippen LogP contribution < -0.4 is 10.6 Å². The molecule has 32 heavy (non-hydrogen) atoms. The van der Waals surface area contributed by atoms with Crippen molar-refractivity contribution in [3.05, 3.63) is 77.1 Å². The summed E-state index contributed by atoms with van der Waals surface area (Å²) in [5, 5.41) is 10.5. The first kappa shape index (κ1) is 22.1. The molecule has 1 aliphatic rings. The number of para-hydroxylation sites is 1. The number of rotatable bonds is 6. The molecule has 0 spiro atoms. The summed E-state index contributed by atoms with van der Waals surface area (Å²) in [4.78, 5) is 15.1. The van der Waals surface area contributed by atoms with Gasteiger partial charge >= 0.3 is 6.03 Å². The van der Waals surface area contributed by atoms with Gasteiger partial charge in [0.2, 0.25) is 0 Å². The van der Waals surface area contributed by atoms with Crippen molar-refractivity contribution in [1.82, 2.24) is 20.0 Å². The highest BCUT2D eigenvalue weighted by atomic mass is 16.2. The standard InChI is InChI=1S/C26H33N5O/c1-19-8-7-15-30(17-19)18-23-13-11-22(12-14-23)16-27-26(32)28-25-20(2)29-31(21(25)3)24-9-5-4-6-10-24/h4-6,9-14,19H,7-8,15-18H2,1-3H3,(H2,27,28,32). The second kappa shape index (κ2) is 10.0. The van der Waals surface area contributed by atoms with E-state index in [1.165, 1.54) is 31.5 Å². The first-order chi connectivity index (χ1) is 15.5. The molecule has 1 fully saturated rings. The van der Waals surface area contributed by atoms with E-state index in [2.05, 4.69) is 51.8 Å². The average molecular weight is 432 g/mol. The Hall–Kier alpha value is -3.12. The lowest BCUT2D eigenvalue weighted by Gasteiger charge is -2.30. The van der Waals surface area contributed by atoms with Crippen LogP contribution in [0.15, 0.2) is 54.6 Å². The number of nitrogens with one attached hydrogen (secondary N) is 2. The Labute approximate surface area is 190 Å². The van der Waals surface area contributed by atoms with Gasteiger partial charge in [0.1, 0.15) is 0 Å². The van der Waals surface area contributed by atoms with E-state index in [1.807, 2.05) is 48.9 Å². The topological polar surface area (TPSA) is 62.2 Å². The van der Waals surface area contributed by atoms with E-state index >= 15 is 0 Å². The predicted octanol–water partition coefficient (Wildman–Crippen LogP) is 5.04. The van der Waals surface area contributed by atoms with Crippen LogP contribution >= 0.6 is 0 Å². The number of nitrogens with zero attached hydrogens (tertiary/aromatic N) is 3. The van der Waals surface area contributed by atoms with Crippen molar-refractivity contribution in [2.24, 2.45) is 5.92 Å². The Bertz CT molecular complexity index is 1040. The molecule has 6 heteroatoms. The van der Waals surface area contributed by atoms with Gasteiger partial charge in [-0.25, -0.2) is 9.48 Å². The Kier molecular flexibility index (Phi) is 6.90. The summed E-state index contributed by atoms with van der Waals surface area (Å²) in [7, 11) is 0. The smallest absolute Gasteiger partial charge is 0.319 e. The molecule has 2 aromatic carbocycles. The summed E-state index contributed by atoms with van der Waals surface area (Å²) in [5.41, 5.74) is 5.83. The fourth-order valence-corrected chi connectivity index (χ4v) is 4.44. The number of hydrogen-bond acceptors (Lipinski definition) is 3. The largest absolute Gasteiger partial charge is 0.334 e. The van der Waals surface area contributed by atoms with E-state index in [0.717, 1.165) is 40.8 Å². The number of hydrogen-bond donors (Lipinski definition) is 2. The van der Waals surface area contributed by atoms with E-state index in [-0.39, 0.29) is 6.03 Å². The fraction of sp³-hybridized carbons (Fsp3) is 0.385. The molecule has 0 radical (unpaired) electrons. The molecule has 1 atom stereocenters. The van der Waals surface area contributed by atoms with Gasteiger partial charge in [0.15, 0.2) is 0 Å². The van der Waals surface area contributed by atoms with Gasteiger partial charge in [-0.2, -0.15) is 5.10 Å². The van der Waals surface area contributed by atoms with Crippen LogP contribution in [0, 0.1) is 19.8 Å². The normalized spacial score (nSPS) is 16.7. The summed E-state index contributed by atoms with van der Waals surface area (Å²) in [5.74, 6) is 0.790. The van der Waals surface area contributed by atoms with E-state index in [9.17, 15) is 4.79 Å². The van der Waals surface area contributed by atoms with Gasteiger partial charge in [-0.1, -0.05) is 49.4 Å². The van der Waals surface area contributed by atoms with Crippen LogP contribution in [-0.4, -0.2) is 33.8 Å². The lowest BCUT2D eigenvalue weighted by molar-refractivity contribution is 0.176. The lowest BCUT2D eigenvalue weighted by Crippen LogP contribution is -2.33. The first-order valence-electron chi connectivity index (χ1n) is 11.5. The molecule has 1 aromatic heterocycles. The van der Waals surface area contributed by atoms with E-state index in [4.69, 9.17) is 0 Å². The molecule has 1 unspecified atom stereocenters. The van der Waals surface area contributed by atoms with Crippen LogP contribution in [0.5, 0.6) is 0 Å². The van der Waals surface area contributed by atoms with Crippen LogP contribution in [0.1, 0.15) is 42.3 Å². The number of aryl methyl sites for hydroxylation is 1. The molecule has 4 rings (SSSR count). The minimum atomic E-state index is -0.227. The third-order valence-corrected chi connectivity index (χ3v) is 6.15. The first-order valence-corrected chi connectivity index (χ1v) is 11.5. The molecule has 0 saturated carbocycles. The molecule has 2 N–H and O–H groups in total. The molecule has 6 nitrogen and oxygen atoms in total. The third-order valence-electron chi connectivity index (χ3n) is 6.15. The number of likely N-dealkylation sites (tertiary alicyclic amines) is 1. The minimum Gasteiger partial charge on any atom is -0.334 e. The van der Waals surface area contributed by atoms with E-state index < -0.39 is 0 Å². The number of carbonyl (C=O) groups is 1. The van der Waals surface area contributed by atoms with Crippen LogP contribution in [-0.2, 0) is 13.1 Å². The van der Waals surface area contributed by atoms with Crippen molar-refractivity contribution >= 4 is 11.7 Å². The number of aromatic nitrogens is 2. The number of urea groups is 1. The van der Waals surface area contributed by atoms with Crippen LogP contribution in [0.2, 0.25) is 0 Å². The van der Waals surface area contributed by atoms with Crippen LogP contribution in [0.4, 0.5) is 10.5 Å². The summed E-state index contributed by atoms with van der Waals surface area (Å²) in [6.45, 7) is 10.1. The second-order valence-corrected chi connectivity index (χ2v) is 8.90. The van der Waals surface area contributed by atoms with Gasteiger partial charge in [0.05, 0.1) is 22.8 Å². The van der Waals surface area contributed by atoms with Gasteiger partial charge in [-0.15, -0.1) is 0 Å². The van der Waals surface area contributed by atoms with E-state index in [1.54, 1.807) is 0 Å². The Morgan fingerprint density at radius 1 is 1.06 bits per heavy atom.